The number of hydrogen-bond donors (Lipinski definition) is 0. The lowest BCUT2D eigenvalue weighted by atomic mass is 10.1. The van der Waals surface area contributed by atoms with Gasteiger partial charge in [0.25, 0.3) is 0 Å². The van der Waals surface area contributed by atoms with Crippen LogP contribution in [0.2, 0.25) is 0 Å². The highest BCUT2D eigenvalue weighted by Crippen LogP contribution is 2.18. The Labute approximate surface area is 89.0 Å². The molecule has 0 aromatic carbocycles. The highest BCUT2D eigenvalue weighted by Gasteiger charge is 2.09. The Kier molecular flexibility index (Phi) is 2.20. The van der Waals surface area contributed by atoms with Crippen molar-refractivity contribution in [3.8, 4) is 6.07 Å². The number of fused-ring (bicyclic) bond motifs is 1. The second-order valence-corrected chi connectivity index (χ2v) is 3.74. The third kappa shape index (κ3) is 1.39. The van der Waals surface area contributed by atoms with Crippen molar-refractivity contribution in [3.05, 3.63) is 34.8 Å². The average molecular weight is 199 g/mol. The van der Waals surface area contributed by atoms with Crippen LogP contribution in [-0.4, -0.2) is 9.38 Å². The van der Waals surface area contributed by atoms with Crippen molar-refractivity contribution >= 4 is 5.65 Å². The molecule has 76 valence electrons. The zero-order valence-corrected chi connectivity index (χ0v) is 9.20. The van der Waals surface area contributed by atoms with Crippen molar-refractivity contribution in [2.24, 2.45) is 0 Å². The average Bonchev–Trinajstić information content (AvgIpc) is 2.61. The second-order valence-electron chi connectivity index (χ2n) is 3.74. The van der Waals surface area contributed by atoms with Crippen LogP contribution in [0.15, 0.2) is 12.4 Å². The van der Waals surface area contributed by atoms with E-state index in [0.29, 0.717) is 0 Å². The predicted octanol–water partition coefficient (Wildman–Crippen LogP) is 2.39. The monoisotopic (exact) mass is 199 g/mol. The van der Waals surface area contributed by atoms with E-state index in [-0.39, 0.29) is 0 Å². The van der Waals surface area contributed by atoms with Crippen molar-refractivity contribution in [2.45, 2.75) is 27.2 Å². The molecule has 0 radical (unpaired) electrons. The van der Waals surface area contributed by atoms with E-state index in [1.54, 1.807) is 0 Å². The Hall–Kier alpha value is -1.82. The van der Waals surface area contributed by atoms with Gasteiger partial charge in [-0.25, -0.2) is 4.98 Å². The highest BCUT2D eigenvalue weighted by atomic mass is 15.0. The van der Waals surface area contributed by atoms with Crippen LogP contribution in [0.1, 0.15) is 29.3 Å². The molecule has 2 aromatic heterocycles. The number of hydrogen-bond acceptors (Lipinski definition) is 2. The van der Waals surface area contributed by atoms with E-state index in [1.165, 1.54) is 0 Å². The van der Waals surface area contributed by atoms with Crippen molar-refractivity contribution in [3.63, 3.8) is 0 Å². The van der Waals surface area contributed by atoms with Crippen LogP contribution in [0.4, 0.5) is 0 Å². The Balaban J connectivity index is 2.83. The van der Waals surface area contributed by atoms with Gasteiger partial charge in [-0.3, -0.25) is 0 Å². The molecule has 2 rings (SSSR count). The highest BCUT2D eigenvalue weighted by molar-refractivity contribution is 5.58. The maximum Gasteiger partial charge on any atom is 0.141 e. The molecule has 0 aliphatic rings. The summed E-state index contributed by atoms with van der Waals surface area (Å²) in [6.45, 7) is 5.99. The molecule has 0 amide bonds. The fourth-order valence-corrected chi connectivity index (χ4v) is 1.84. The molecule has 0 saturated carbocycles. The van der Waals surface area contributed by atoms with Crippen molar-refractivity contribution in [2.75, 3.05) is 0 Å². The Morgan fingerprint density at radius 1 is 1.40 bits per heavy atom. The van der Waals surface area contributed by atoms with E-state index >= 15 is 0 Å². The fourth-order valence-electron chi connectivity index (χ4n) is 1.84. The minimum absolute atomic E-state index is 0.746. The first-order valence-electron chi connectivity index (χ1n) is 5.05. The lowest BCUT2D eigenvalue weighted by Gasteiger charge is -2.03. The summed E-state index contributed by atoms with van der Waals surface area (Å²) < 4.78 is 2.00. The van der Waals surface area contributed by atoms with Crippen LogP contribution in [0.5, 0.6) is 0 Å². The fraction of sp³-hybridized carbons (Fsp3) is 0.333. The van der Waals surface area contributed by atoms with E-state index in [0.717, 1.165) is 34.5 Å². The molecule has 2 aromatic rings. The summed E-state index contributed by atoms with van der Waals surface area (Å²) in [6, 6.07) is 2.23. The van der Waals surface area contributed by atoms with E-state index in [1.807, 2.05) is 30.6 Å². The molecule has 0 saturated heterocycles. The second kappa shape index (κ2) is 3.39. The molecule has 0 bridgehead atoms. The molecular weight excluding hydrogens is 186 g/mol. The van der Waals surface area contributed by atoms with E-state index < -0.39 is 0 Å². The quantitative estimate of drug-likeness (QED) is 0.707. The van der Waals surface area contributed by atoms with Gasteiger partial charge in [0.05, 0.1) is 17.3 Å². The molecule has 0 fully saturated rings. The third-order valence-corrected chi connectivity index (χ3v) is 2.69. The summed E-state index contributed by atoms with van der Waals surface area (Å²) in [7, 11) is 0. The molecule has 3 heteroatoms. The van der Waals surface area contributed by atoms with Crippen LogP contribution >= 0.6 is 0 Å². The minimum Gasteiger partial charge on any atom is -0.306 e. The predicted molar refractivity (Wildman–Crippen MR) is 58.8 cm³/mol. The van der Waals surface area contributed by atoms with Crippen molar-refractivity contribution in [1.29, 1.82) is 5.26 Å². The van der Waals surface area contributed by atoms with Gasteiger partial charge in [0.2, 0.25) is 0 Å². The van der Waals surface area contributed by atoms with Gasteiger partial charge in [-0.15, -0.1) is 0 Å². The Morgan fingerprint density at radius 3 is 2.73 bits per heavy atom. The summed E-state index contributed by atoms with van der Waals surface area (Å²) in [5.74, 6) is 0. The van der Waals surface area contributed by atoms with Gasteiger partial charge in [-0.1, -0.05) is 6.92 Å². The zero-order valence-electron chi connectivity index (χ0n) is 9.20. The first-order valence-corrected chi connectivity index (χ1v) is 5.05. The van der Waals surface area contributed by atoms with Gasteiger partial charge in [0.15, 0.2) is 0 Å². The number of imidazole rings is 1. The smallest absolute Gasteiger partial charge is 0.141 e. The van der Waals surface area contributed by atoms with Crippen LogP contribution in [0.25, 0.3) is 5.65 Å². The maximum absolute atomic E-state index is 9.04. The third-order valence-electron chi connectivity index (χ3n) is 2.69. The summed E-state index contributed by atoms with van der Waals surface area (Å²) in [6.07, 6.45) is 4.91. The van der Waals surface area contributed by atoms with E-state index in [2.05, 4.69) is 18.0 Å². The van der Waals surface area contributed by atoms with Crippen LogP contribution in [0, 0.1) is 25.2 Å². The molecule has 0 aliphatic carbocycles. The van der Waals surface area contributed by atoms with Gasteiger partial charge in [0, 0.05) is 18.0 Å². The number of pyridine rings is 1. The topological polar surface area (TPSA) is 41.1 Å². The molecule has 0 unspecified atom stereocenters. The summed E-state index contributed by atoms with van der Waals surface area (Å²) in [5.41, 5.74) is 4.68. The standard InChI is InChI=1S/C12H13N3/c1-4-10-7-15-6-8(2)11(5-13)9(3)12(15)14-10/h6-7H,4H2,1-3H3. The summed E-state index contributed by atoms with van der Waals surface area (Å²) in [5, 5.41) is 9.04. The van der Waals surface area contributed by atoms with E-state index in [4.69, 9.17) is 5.26 Å². The van der Waals surface area contributed by atoms with Gasteiger partial charge >= 0.3 is 0 Å². The first-order chi connectivity index (χ1) is 7.17. The van der Waals surface area contributed by atoms with Crippen LogP contribution in [-0.2, 0) is 6.42 Å². The molecule has 0 aliphatic heterocycles. The lowest BCUT2D eigenvalue weighted by molar-refractivity contribution is 1.07. The number of aromatic nitrogens is 2. The van der Waals surface area contributed by atoms with Gasteiger partial charge in [-0.2, -0.15) is 5.26 Å². The SMILES string of the molecule is CCc1cn2cc(C)c(C#N)c(C)c2n1. The molecule has 15 heavy (non-hydrogen) atoms. The van der Waals surface area contributed by atoms with E-state index in [9.17, 15) is 0 Å². The van der Waals surface area contributed by atoms with Crippen molar-refractivity contribution in [1.82, 2.24) is 9.38 Å². The molecule has 0 spiro atoms. The lowest BCUT2D eigenvalue weighted by Crippen LogP contribution is -1.95. The Bertz CT molecular complexity index is 558. The van der Waals surface area contributed by atoms with Gasteiger partial charge in [-0.05, 0) is 25.8 Å². The zero-order chi connectivity index (χ0) is 11.0. The summed E-state index contributed by atoms with van der Waals surface area (Å²) in [4.78, 5) is 4.49. The largest absolute Gasteiger partial charge is 0.306 e. The number of aryl methyl sites for hydroxylation is 3. The molecule has 0 atom stereocenters. The normalized spacial score (nSPS) is 10.5. The van der Waals surface area contributed by atoms with Gasteiger partial charge in [0.1, 0.15) is 5.65 Å². The molecule has 0 N–H and O–H groups in total. The number of rotatable bonds is 1. The maximum atomic E-state index is 9.04. The first kappa shape index (κ1) is 9.72. The summed E-state index contributed by atoms with van der Waals surface area (Å²) >= 11 is 0. The molecule has 2 heterocycles. The van der Waals surface area contributed by atoms with Crippen molar-refractivity contribution < 1.29 is 0 Å². The Morgan fingerprint density at radius 2 is 2.13 bits per heavy atom. The minimum atomic E-state index is 0.746. The molecular formula is C12H13N3. The number of nitriles is 1. The van der Waals surface area contributed by atoms with Crippen LogP contribution in [0.3, 0.4) is 0 Å². The number of nitrogens with zero attached hydrogens (tertiary/aromatic N) is 3. The van der Waals surface area contributed by atoms with Gasteiger partial charge < -0.3 is 4.40 Å². The molecule has 3 nitrogen and oxygen atoms in total. The van der Waals surface area contributed by atoms with Crippen LogP contribution < -0.4 is 0 Å².